The summed E-state index contributed by atoms with van der Waals surface area (Å²) >= 11 is 1.26. The molecule has 5 nitrogen and oxygen atoms in total. The fourth-order valence-corrected chi connectivity index (χ4v) is 2.42. The van der Waals surface area contributed by atoms with Gasteiger partial charge in [-0.2, -0.15) is 4.37 Å². The second kappa shape index (κ2) is 4.73. The highest BCUT2D eigenvalue weighted by Gasteiger charge is 2.24. The van der Waals surface area contributed by atoms with Crippen LogP contribution in [0.4, 0.5) is 0 Å². The lowest BCUT2D eigenvalue weighted by molar-refractivity contribution is 0.0919. The van der Waals surface area contributed by atoms with Gasteiger partial charge in [0.25, 0.3) is 5.91 Å². The summed E-state index contributed by atoms with van der Waals surface area (Å²) < 4.78 is 9.51. The lowest BCUT2D eigenvalue weighted by Crippen LogP contribution is -2.32. The highest BCUT2D eigenvalue weighted by atomic mass is 32.1. The second-order valence-corrected chi connectivity index (χ2v) is 4.60. The largest absolute Gasteiger partial charge is 0.491 e. The molecule has 0 saturated heterocycles. The summed E-state index contributed by atoms with van der Waals surface area (Å²) in [5.41, 5.74) is 1.23. The third-order valence-corrected chi connectivity index (χ3v) is 3.33. The quantitative estimate of drug-likeness (QED) is 0.895. The van der Waals surface area contributed by atoms with Crippen LogP contribution in [0.3, 0.4) is 0 Å². The minimum atomic E-state index is -0.167. The molecule has 3 heterocycles. The van der Waals surface area contributed by atoms with Crippen molar-refractivity contribution in [1.29, 1.82) is 0 Å². The van der Waals surface area contributed by atoms with Crippen molar-refractivity contribution in [2.75, 3.05) is 6.61 Å². The zero-order valence-corrected chi connectivity index (χ0v) is 10.3. The molecular formula is C12H11N3O2S. The average molecular weight is 261 g/mol. The number of rotatable bonds is 2. The number of nitrogens with one attached hydrogen (secondary N) is 1. The first-order valence-corrected chi connectivity index (χ1v) is 6.47. The van der Waals surface area contributed by atoms with Gasteiger partial charge in [0, 0.05) is 18.0 Å². The summed E-state index contributed by atoms with van der Waals surface area (Å²) in [4.78, 5) is 16.2. The van der Waals surface area contributed by atoms with E-state index in [0.717, 1.165) is 17.9 Å². The van der Waals surface area contributed by atoms with Crippen molar-refractivity contribution in [2.45, 2.75) is 12.5 Å². The average Bonchev–Trinajstić information content (AvgIpc) is 2.93. The number of hydrogen-bond acceptors (Lipinski definition) is 5. The number of hydrogen-bond donors (Lipinski definition) is 1. The maximum atomic E-state index is 11.9. The smallest absolute Gasteiger partial charge is 0.271 e. The molecule has 3 rings (SSSR count). The minimum absolute atomic E-state index is 0.107. The molecule has 0 fully saturated rings. The highest BCUT2D eigenvalue weighted by molar-refractivity contribution is 7.03. The van der Waals surface area contributed by atoms with Crippen molar-refractivity contribution in [3.8, 4) is 5.75 Å². The molecule has 18 heavy (non-hydrogen) atoms. The number of carbonyl (C=O) groups excluding carboxylic acids is 1. The van der Waals surface area contributed by atoms with Crippen LogP contribution in [0, 0.1) is 0 Å². The van der Waals surface area contributed by atoms with Gasteiger partial charge in [-0.05, 0) is 29.7 Å². The van der Waals surface area contributed by atoms with E-state index in [0.29, 0.717) is 12.3 Å². The van der Waals surface area contributed by atoms with Crippen LogP contribution in [-0.2, 0) is 0 Å². The Hall–Kier alpha value is -1.95. The van der Waals surface area contributed by atoms with Crippen LogP contribution in [0.1, 0.15) is 28.6 Å². The third kappa shape index (κ3) is 2.06. The van der Waals surface area contributed by atoms with Gasteiger partial charge in [-0.25, -0.2) is 0 Å². The SMILES string of the molecule is O=C(NC1CCOc2cccnc21)c1ccsn1. The summed E-state index contributed by atoms with van der Waals surface area (Å²) in [7, 11) is 0. The minimum Gasteiger partial charge on any atom is -0.491 e. The number of pyridine rings is 1. The van der Waals surface area contributed by atoms with Crippen LogP contribution in [0.2, 0.25) is 0 Å². The maximum Gasteiger partial charge on any atom is 0.271 e. The summed E-state index contributed by atoms with van der Waals surface area (Å²) in [6.45, 7) is 0.584. The molecule has 1 unspecified atom stereocenters. The van der Waals surface area contributed by atoms with E-state index in [-0.39, 0.29) is 11.9 Å². The Kier molecular flexibility index (Phi) is 2.93. The fraction of sp³-hybridized carbons (Fsp3) is 0.250. The molecule has 1 aliphatic rings. The molecule has 1 atom stereocenters. The van der Waals surface area contributed by atoms with E-state index in [9.17, 15) is 4.79 Å². The molecule has 2 aromatic heterocycles. The van der Waals surface area contributed by atoms with Crippen molar-refractivity contribution < 1.29 is 9.53 Å². The van der Waals surface area contributed by atoms with Crippen LogP contribution in [0.5, 0.6) is 5.75 Å². The van der Waals surface area contributed by atoms with Gasteiger partial charge in [0.15, 0.2) is 0 Å². The molecule has 6 heteroatoms. The molecule has 1 aliphatic heterocycles. The van der Waals surface area contributed by atoms with E-state index in [1.54, 1.807) is 17.6 Å². The number of amides is 1. The predicted molar refractivity (Wildman–Crippen MR) is 66.7 cm³/mol. The van der Waals surface area contributed by atoms with E-state index in [4.69, 9.17) is 4.74 Å². The Balaban J connectivity index is 1.80. The molecule has 0 bridgehead atoms. The van der Waals surface area contributed by atoms with Crippen LogP contribution < -0.4 is 10.1 Å². The normalized spacial score (nSPS) is 17.7. The van der Waals surface area contributed by atoms with Crippen LogP contribution in [0.15, 0.2) is 29.8 Å². The second-order valence-electron chi connectivity index (χ2n) is 3.93. The van der Waals surface area contributed by atoms with E-state index in [1.807, 2.05) is 12.1 Å². The first-order valence-electron chi connectivity index (χ1n) is 5.63. The zero-order valence-electron chi connectivity index (χ0n) is 9.50. The van der Waals surface area contributed by atoms with Gasteiger partial charge in [-0.3, -0.25) is 9.78 Å². The summed E-state index contributed by atoms with van der Waals surface area (Å²) in [5.74, 6) is 0.576. The molecule has 92 valence electrons. The van der Waals surface area contributed by atoms with Gasteiger partial charge >= 0.3 is 0 Å². The summed E-state index contributed by atoms with van der Waals surface area (Å²) in [6.07, 6.45) is 2.43. The number of aromatic nitrogens is 2. The molecule has 1 N–H and O–H groups in total. The van der Waals surface area contributed by atoms with Crippen LogP contribution in [0.25, 0.3) is 0 Å². The Morgan fingerprint density at radius 1 is 1.50 bits per heavy atom. The number of ether oxygens (including phenoxy) is 1. The van der Waals surface area contributed by atoms with E-state index < -0.39 is 0 Å². The molecule has 1 amide bonds. The lowest BCUT2D eigenvalue weighted by Gasteiger charge is -2.25. The third-order valence-electron chi connectivity index (χ3n) is 2.77. The molecule has 0 aliphatic carbocycles. The van der Waals surface area contributed by atoms with Crippen molar-refractivity contribution in [3.05, 3.63) is 41.2 Å². The molecule has 0 spiro atoms. The number of fused-ring (bicyclic) bond motifs is 1. The maximum absolute atomic E-state index is 11.9. The van der Waals surface area contributed by atoms with Crippen LogP contribution in [-0.4, -0.2) is 21.9 Å². The Morgan fingerprint density at radius 2 is 2.44 bits per heavy atom. The summed E-state index contributed by atoms with van der Waals surface area (Å²) in [6, 6.07) is 5.29. The molecule has 2 aromatic rings. The molecule has 0 aromatic carbocycles. The van der Waals surface area contributed by atoms with E-state index in [1.165, 1.54) is 11.5 Å². The van der Waals surface area contributed by atoms with Crippen molar-refractivity contribution in [2.24, 2.45) is 0 Å². The fourth-order valence-electron chi connectivity index (χ4n) is 1.91. The first kappa shape index (κ1) is 11.2. The van der Waals surface area contributed by atoms with Gasteiger partial charge < -0.3 is 10.1 Å². The van der Waals surface area contributed by atoms with Crippen molar-refractivity contribution in [1.82, 2.24) is 14.7 Å². The van der Waals surface area contributed by atoms with Gasteiger partial charge in [0.2, 0.25) is 0 Å². The van der Waals surface area contributed by atoms with E-state index >= 15 is 0 Å². The Labute approximate surface area is 108 Å². The van der Waals surface area contributed by atoms with Crippen LogP contribution >= 0.6 is 11.5 Å². The van der Waals surface area contributed by atoms with Gasteiger partial charge in [0.1, 0.15) is 17.1 Å². The van der Waals surface area contributed by atoms with E-state index in [2.05, 4.69) is 14.7 Å². The van der Waals surface area contributed by atoms with Crippen molar-refractivity contribution >= 4 is 17.4 Å². The Bertz CT molecular complexity index is 556. The first-order chi connectivity index (χ1) is 8.84. The number of carbonyl (C=O) groups is 1. The topological polar surface area (TPSA) is 64.1 Å². The standard InChI is InChI=1S/C12H11N3O2S/c16-12(9-4-7-18-15-9)14-8-3-6-17-10-2-1-5-13-11(8)10/h1-2,4-5,7-8H,3,6H2,(H,14,16). The number of nitrogens with zero attached hydrogens (tertiary/aromatic N) is 2. The van der Waals surface area contributed by atoms with Gasteiger partial charge in [-0.15, -0.1) is 0 Å². The summed E-state index contributed by atoms with van der Waals surface area (Å²) in [5, 5.41) is 4.72. The van der Waals surface area contributed by atoms with Gasteiger partial charge in [0.05, 0.1) is 12.6 Å². The lowest BCUT2D eigenvalue weighted by atomic mass is 10.1. The molecular weight excluding hydrogens is 250 g/mol. The van der Waals surface area contributed by atoms with Gasteiger partial charge in [-0.1, -0.05) is 0 Å². The molecule has 0 saturated carbocycles. The molecule has 0 radical (unpaired) electrons. The highest BCUT2D eigenvalue weighted by Crippen LogP contribution is 2.29. The predicted octanol–water partition coefficient (Wildman–Crippen LogP) is 1.79. The monoisotopic (exact) mass is 261 g/mol. The Morgan fingerprint density at radius 3 is 3.28 bits per heavy atom. The van der Waals surface area contributed by atoms with Crippen molar-refractivity contribution in [3.63, 3.8) is 0 Å². The zero-order chi connectivity index (χ0) is 12.4.